The van der Waals surface area contributed by atoms with Gasteiger partial charge < -0.3 is 24.0 Å². The SMILES string of the molecule is COc1cc(C(=O)C(=O)N(C)c2ccccc2C(=O)N(CCCc2ccccc2)Cc2ccncc2)cc(OC)c1OC. The summed E-state index contributed by atoms with van der Waals surface area (Å²) in [6.45, 7) is 0.860. The summed E-state index contributed by atoms with van der Waals surface area (Å²) in [5, 5.41) is 0. The van der Waals surface area contributed by atoms with Crippen LogP contribution in [0.25, 0.3) is 0 Å². The van der Waals surface area contributed by atoms with Gasteiger partial charge in [-0.2, -0.15) is 0 Å². The van der Waals surface area contributed by atoms with Gasteiger partial charge in [-0.3, -0.25) is 19.4 Å². The number of aryl methyl sites for hydroxylation is 1. The summed E-state index contributed by atoms with van der Waals surface area (Å²) >= 11 is 0. The molecular formula is C34H35N3O6. The van der Waals surface area contributed by atoms with Crippen LogP contribution in [0, 0.1) is 0 Å². The smallest absolute Gasteiger partial charge is 0.299 e. The highest BCUT2D eigenvalue weighted by atomic mass is 16.5. The number of methoxy groups -OCH3 is 3. The molecule has 0 saturated heterocycles. The number of likely N-dealkylation sites (N-methyl/N-ethyl adjacent to an activating group) is 1. The fourth-order valence-corrected chi connectivity index (χ4v) is 4.79. The lowest BCUT2D eigenvalue weighted by atomic mass is 10.1. The summed E-state index contributed by atoms with van der Waals surface area (Å²) in [6, 6.07) is 23.5. The van der Waals surface area contributed by atoms with E-state index in [4.69, 9.17) is 14.2 Å². The van der Waals surface area contributed by atoms with Gasteiger partial charge in [0.15, 0.2) is 11.5 Å². The van der Waals surface area contributed by atoms with Crippen molar-refractivity contribution in [2.24, 2.45) is 0 Å². The highest BCUT2D eigenvalue weighted by Crippen LogP contribution is 2.38. The number of para-hydroxylation sites is 1. The number of amides is 2. The van der Waals surface area contributed by atoms with Crippen LogP contribution in [0.15, 0.2) is 91.3 Å². The van der Waals surface area contributed by atoms with Crippen molar-refractivity contribution in [3.8, 4) is 17.2 Å². The van der Waals surface area contributed by atoms with Gasteiger partial charge in [0, 0.05) is 38.1 Å². The van der Waals surface area contributed by atoms with Crippen molar-refractivity contribution in [2.75, 3.05) is 39.8 Å². The van der Waals surface area contributed by atoms with E-state index in [1.807, 2.05) is 30.3 Å². The third-order valence-electron chi connectivity index (χ3n) is 7.07. The third-order valence-corrected chi connectivity index (χ3v) is 7.07. The van der Waals surface area contributed by atoms with E-state index in [2.05, 4.69) is 17.1 Å². The highest BCUT2D eigenvalue weighted by Gasteiger charge is 2.28. The monoisotopic (exact) mass is 581 g/mol. The molecule has 9 heteroatoms. The quantitative estimate of drug-likeness (QED) is 0.158. The Kier molecular flexibility index (Phi) is 10.5. The van der Waals surface area contributed by atoms with Gasteiger partial charge >= 0.3 is 0 Å². The van der Waals surface area contributed by atoms with Crippen molar-refractivity contribution in [3.63, 3.8) is 0 Å². The summed E-state index contributed by atoms with van der Waals surface area (Å²) in [7, 11) is 5.79. The van der Waals surface area contributed by atoms with Crippen molar-refractivity contribution < 1.29 is 28.6 Å². The van der Waals surface area contributed by atoms with Crippen LogP contribution in [-0.2, 0) is 17.8 Å². The van der Waals surface area contributed by atoms with Gasteiger partial charge in [0.25, 0.3) is 17.6 Å². The van der Waals surface area contributed by atoms with Crippen molar-refractivity contribution in [3.05, 3.63) is 114 Å². The van der Waals surface area contributed by atoms with Crippen LogP contribution >= 0.6 is 0 Å². The fourth-order valence-electron chi connectivity index (χ4n) is 4.79. The topological polar surface area (TPSA) is 98.3 Å². The molecule has 0 radical (unpaired) electrons. The summed E-state index contributed by atoms with van der Waals surface area (Å²) in [5.74, 6) is -1.06. The largest absolute Gasteiger partial charge is 0.493 e. The van der Waals surface area contributed by atoms with E-state index in [9.17, 15) is 14.4 Å². The number of carbonyl (C=O) groups is 3. The van der Waals surface area contributed by atoms with E-state index in [1.165, 1.54) is 51.0 Å². The molecule has 2 amide bonds. The fraction of sp³-hybridized carbons (Fsp3) is 0.235. The molecule has 4 aromatic rings. The van der Waals surface area contributed by atoms with Crippen LogP contribution in [0.2, 0.25) is 0 Å². The second kappa shape index (κ2) is 14.6. The number of hydrogen-bond acceptors (Lipinski definition) is 7. The lowest BCUT2D eigenvalue weighted by Gasteiger charge is -2.26. The normalized spacial score (nSPS) is 10.5. The number of carbonyl (C=O) groups excluding carboxylic acids is 3. The van der Waals surface area contributed by atoms with Crippen molar-refractivity contribution in [1.82, 2.24) is 9.88 Å². The van der Waals surface area contributed by atoms with Crippen molar-refractivity contribution in [1.29, 1.82) is 0 Å². The van der Waals surface area contributed by atoms with Crippen LogP contribution in [0.5, 0.6) is 17.2 Å². The molecule has 0 aliphatic rings. The molecule has 0 fully saturated rings. The number of aromatic nitrogens is 1. The van der Waals surface area contributed by atoms with Crippen molar-refractivity contribution in [2.45, 2.75) is 19.4 Å². The Hall–Kier alpha value is -5.18. The molecule has 0 bridgehead atoms. The van der Waals surface area contributed by atoms with Gasteiger partial charge in [0.2, 0.25) is 5.75 Å². The number of nitrogens with zero attached hydrogens (tertiary/aromatic N) is 3. The van der Waals surface area contributed by atoms with E-state index >= 15 is 0 Å². The minimum absolute atomic E-state index is 0.0652. The number of ether oxygens (including phenoxy) is 3. The molecule has 0 N–H and O–H groups in total. The first-order valence-corrected chi connectivity index (χ1v) is 13.8. The summed E-state index contributed by atoms with van der Waals surface area (Å²) in [5.41, 5.74) is 2.82. The average Bonchev–Trinajstić information content (AvgIpc) is 3.06. The minimum Gasteiger partial charge on any atom is -0.493 e. The lowest BCUT2D eigenvalue weighted by molar-refractivity contribution is -0.114. The van der Waals surface area contributed by atoms with Gasteiger partial charge in [-0.25, -0.2) is 0 Å². The first-order chi connectivity index (χ1) is 20.9. The van der Waals surface area contributed by atoms with Gasteiger partial charge in [-0.05, 0) is 60.4 Å². The predicted molar refractivity (Wildman–Crippen MR) is 164 cm³/mol. The molecule has 1 aromatic heterocycles. The van der Waals surface area contributed by atoms with E-state index in [1.54, 1.807) is 41.6 Å². The maximum Gasteiger partial charge on any atom is 0.299 e. The van der Waals surface area contributed by atoms with Crippen LogP contribution in [-0.4, -0.2) is 62.4 Å². The second-order valence-electron chi connectivity index (χ2n) is 9.80. The van der Waals surface area contributed by atoms with Crippen molar-refractivity contribution >= 4 is 23.3 Å². The Bertz CT molecular complexity index is 1530. The Morgan fingerprint density at radius 3 is 2.02 bits per heavy atom. The number of benzene rings is 3. The van der Waals surface area contributed by atoms with Gasteiger partial charge in [0.1, 0.15) is 0 Å². The number of Topliss-reactive ketones (excluding diaryl/α,β-unsaturated/α-hetero) is 1. The van der Waals surface area contributed by atoms with Gasteiger partial charge in [0.05, 0.1) is 32.6 Å². The summed E-state index contributed by atoms with van der Waals surface area (Å²) < 4.78 is 16.0. The van der Waals surface area contributed by atoms with Gasteiger partial charge in [-0.1, -0.05) is 42.5 Å². The summed E-state index contributed by atoms with van der Waals surface area (Å²) in [6.07, 6.45) is 4.94. The molecular weight excluding hydrogens is 546 g/mol. The maximum atomic E-state index is 14.1. The lowest BCUT2D eigenvalue weighted by Crippen LogP contribution is -2.37. The third kappa shape index (κ3) is 7.37. The number of anilines is 1. The molecule has 3 aromatic carbocycles. The Balaban J connectivity index is 1.60. The molecule has 4 rings (SSSR count). The van der Waals surface area contributed by atoms with Crippen LogP contribution in [0.1, 0.15) is 38.3 Å². The first kappa shape index (κ1) is 30.8. The van der Waals surface area contributed by atoms with E-state index in [-0.39, 0.29) is 23.0 Å². The molecule has 9 nitrogen and oxygen atoms in total. The minimum atomic E-state index is -0.820. The van der Waals surface area contributed by atoms with Crippen LogP contribution in [0.3, 0.4) is 0 Å². The number of ketones is 1. The predicted octanol–water partition coefficient (Wildman–Crippen LogP) is 5.23. The average molecular weight is 582 g/mol. The molecule has 0 unspecified atom stereocenters. The highest BCUT2D eigenvalue weighted by molar-refractivity contribution is 6.47. The molecule has 43 heavy (non-hydrogen) atoms. The van der Waals surface area contributed by atoms with E-state index in [0.717, 1.165) is 18.4 Å². The molecule has 0 spiro atoms. The molecule has 0 aliphatic carbocycles. The summed E-state index contributed by atoms with van der Waals surface area (Å²) in [4.78, 5) is 48.0. The Labute approximate surface area is 251 Å². The van der Waals surface area contributed by atoms with Crippen LogP contribution < -0.4 is 19.1 Å². The number of hydrogen-bond donors (Lipinski definition) is 0. The number of rotatable bonds is 13. The number of pyridine rings is 1. The zero-order chi connectivity index (χ0) is 30.8. The second-order valence-corrected chi connectivity index (χ2v) is 9.80. The molecule has 222 valence electrons. The Morgan fingerprint density at radius 2 is 1.40 bits per heavy atom. The van der Waals surface area contributed by atoms with E-state index in [0.29, 0.717) is 30.1 Å². The standard InChI is InChI=1S/C34H35N3O6/c1-36(34(40)31(38)26-21-29(41-2)32(43-4)30(22-26)42-3)28-15-9-8-14-27(28)33(39)37(23-25-16-18-35-19-17-25)20-10-13-24-11-6-5-7-12-24/h5-9,11-12,14-19,21-22H,10,13,20,23H2,1-4H3. The van der Waals surface area contributed by atoms with E-state index < -0.39 is 11.7 Å². The molecule has 0 atom stereocenters. The zero-order valence-electron chi connectivity index (χ0n) is 24.8. The zero-order valence-corrected chi connectivity index (χ0v) is 24.8. The maximum absolute atomic E-state index is 14.1. The Morgan fingerprint density at radius 1 is 0.767 bits per heavy atom. The molecule has 1 heterocycles. The van der Waals surface area contributed by atoms with Crippen LogP contribution in [0.4, 0.5) is 5.69 Å². The van der Waals surface area contributed by atoms with Gasteiger partial charge in [-0.15, -0.1) is 0 Å². The molecule has 0 saturated carbocycles. The molecule has 0 aliphatic heterocycles. The first-order valence-electron chi connectivity index (χ1n) is 13.8.